The zero-order valence-corrected chi connectivity index (χ0v) is 5.06. The first kappa shape index (κ1) is 6.63. The van der Waals surface area contributed by atoms with E-state index in [2.05, 4.69) is 0 Å². The quantitative estimate of drug-likeness (QED) is 0.469. The average Bonchev–Trinajstić information content (AvgIpc) is 1.65. The highest BCUT2D eigenvalue weighted by Crippen LogP contribution is 1.83. The lowest BCUT2D eigenvalue weighted by atomic mass is 10.2. The minimum absolute atomic E-state index is 0.171. The van der Waals surface area contributed by atoms with Crippen LogP contribution in [0.5, 0.6) is 0 Å². The van der Waals surface area contributed by atoms with Crippen molar-refractivity contribution in [2.75, 3.05) is 7.05 Å². The second-order valence-electron chi connectivity index (χ2n) is 1.85. The van der Waals surface area contributed by atoms with Crippen molar-refractivity contribution in [3.63, 3.8) is 0 Å². The summed E-state index contributed by atoms with van der Waals surface area (Å²) in [6.45, 7) is 3.78. The summed E-state index contributed by atoms with van der Waals surface area (Å²) in [6, 6.07) is 0. The van der Waals surface area contributed by atoms with Gasteiger partial charge in [0.1, 0.15) is 0 Å². The van der Waals surface area contributed by atoms with E-state index >= 15 is 0 Å². The van der Waals surface area contributed by atoms with Gasteiger partial charge in [0.25, 0.3) is 0 Å². The van der Waals surface area contributed by atoms with Gasteiger partial charge in [-0.1, -0.05) is 0 Å². The summed E-state index contributed by atoms with van der Waals surface area (Å²) >= 11 is 0. The Balaban J connectivity index is 3.35. The Morgan fingerprint density at radius 1 is 1.57 bits per heavy atom. The van der Waals surface area contributed by atoms with Gasteiger partial charge in [0.2, 0.25) is 0 Å². The summed E-state index contributed by atoms with van der Waals surface area (Å²) in [5.74, 6) is 0.394. The number of carbonyl (C=O) groups excluding carboxylic acids is 1. The van der Waals surface area contributed by atoms with Crippen LogP contribution in [0.1, 0.15) is 13.8 Å². The maximum atomic E-state index is 10.5. The highest BCUT2D eigenvalue weighted by Gasteiger charge is 2.05. The Morgan fingerprint density at radius 2 is 2.00 bits per heavy atom. The van der Waals surface area contributed by atoms with Gasteiger partial charge in [-0.25, -0.2) is 4.79 Å². The lowest BCUT2D eigenvalue weighted by Crippen LogP contribution is -2.85. The first-order chi connectivity index (χ1) is 3.18. The van der Waals surface area contributed by atoms with Crippen LogP contribution >= 0.6 is 0 Å². The Hall–Kier alpha value is -0.370. The number of primary amides is 1. The van der Waals surface area contributed by atoms with Gasteiger partial charge in [-0.05, 0) is 13.8 Å². The summed E-state index contributed by atoms with van der Waals surface area (Å²) in [6.07, 6.45) is 0. The number of nitrogens with two attached hydrogens (primary N) is 1. The van der Waals surface area contributed by atoms with Crippen molar-refractivity contribution < 1.29 is 10.1 Å². The largest absolute Gasteiger partial charge is 0.312 e. The fourth-order valence-electron chi connectivity index (χ4n) is 0.333. The molecule has 2 nitrogen and oxygen atoms in total. The summed E-state index contributed by atoms with van der Waals surface area (Å²) in [5.41, 5.74) is 0. The number of hydrogen-bond acceptors (Lipinski definition) is 1. The van der Waals surface area contributed by atoms with Crippen molar-refractivity contribution >= 4 is 5.91 Å². The maximum absolute atomic E-state index is 10.5. The molecule has 0 saturated carbocycles. The summed E-state index contributed by atoms with van der Waals surface area (Å²) in [4.78, 5) is 10.5. The van der Waals surface area contributed by atoms with Crippen LogP contribution in [-0.4, -0.2) is 13.0 Å². The van der Waals surface area contributed by atoms with E-state index in [4.69, 9.17) is 0 Å². The minimum atomic E-state index is 0.171. The van der Waals surface area contributed by atoms with Gasteiger partial charge in [-0.15, -0.1) is 0 Å². The van der Waals surface area contributed by atoms with Crippen molar-refractivity contribution in [1.82, 2.24) is 0 Å². The Bertz CT molecular complexity index is 68.5. The van der Waals surface area contributed by atoms with E-state index in [0.717, 1.165) is 0 Å². The third-order valence-electron chi connectivity index (χ3n) is 0.854. The van der Waals surface area contributed by atoms with Crippen LogP contribution in [0, 0.1) is 5.92 Å². The molecular formula is C5H12NO+. The predicted molar refractivity (Wildman–Crippen MR) is 27.7 cm³/mol. The molecule has 0 fully saturated rings. The first-order valence-electron chi connectivity index (χ1n) is 2.51. The lowest BCUT2D eigenvalue weighted by Gasteiger charge is -1.93. The van der Waals surface area contributed by atoms with Crippen LogP contribution in [0.25, 0.3) is 0 Å². The fourth-order valence-corrected chi connectivity index (χ4v) is 0.333. The van der Waals surface area contributed by atoms with Crippen LogP contribution < -0.4 is 5.32 Å². The van der Waals surface area contributed by atoms with Crippen LogP contribution in [0.2, 0.25) is 0 Å². The SMILES string of the molecule is C[NH2+]C(=O)C(C)C. The lowest BCUT2D eigenvalue weighted by molar-refractivity contribution is -0.541. The molecule has 0 saturated heterocycles. The highest BCUT2D eigenvalue weighted by atomic mass is 16.1. The minimum Gasteiger partial charge on any atom is -0.285 e. The molecule has 0 aliphatic rings. The predicted octanol–water partition coefficient (Wildman–Crippen LogP) is -0.638. The molecular weight excluding hydrogens is 90.1 g/mol. The smallest absolute Gasteiger partial charge is 0.285 e. The van der Waals surface area contributed by atoms with E-state index in [0.29, 0.717) is 0 Å². The topological polar surface area (TPSA) is 33.7 Å². The van der Waals surface area contributed by atoms with Crippen LogP contribution in [0.3, 0.4) is 0 Å². The molecule has 0 aromatic carbocycles. The molecule has 0 unspecified atom stereocenters. The van der Waals surface area contributed by atoms with Crippen molar-refractivity contribution in [2.24, 2.45) is 5.92 Å². The van der Waals surface area contributed by atoms with Gasteiger partial charge in [-0.2, -0.15) is 0 Å². The number of carbonyl (C=O) groups is 1. The van der Waals surface area contributed by atoms with Gasteiger partial charge in [0.15, 0.2) is 0 Å². The van der Waals surface area contributed by atoms with E-state index in [1.165, 1.54) is 0 Å². The molecule has 2 N–H and O–H groups in total. The van der Waals surface area contributed by atoms with Crippen molar-refractivity contribution in [3.05, 3.63) is 0 Å². The molecule has 0 spiro atoms. The summed E-state index contributed by atoms with van der Waals surface area (Å²) in [7, 11) is 1.77. The van der Waals surface area contributed by atoms with Gasteiger partial charge >= 0.3 is 5.91 Å². The summed E-state index contributed by atoms with van der Waals surface area (Å²) in [5, 5.41) is 1.60. The van der Waals surface area contributed by atoms with E-state index < -0.39 is 0 Å². The molecule has 0 heterocycles. The van der Waals surface area contributed by atoms with Gasteiger partial charge in [0.05, 0.1) is 13.0 Å². The number of quaternary nitrogens is 1. The maximum Gasteiger partial charge on any atom is 0.312 e. The third kappa shape index (κ3) is 2.34. The fraction of sp³-hybridized carbons (Fsp3) is 0.800. The van der Waals surface area contributed by atoms with E-state index in [9.17, 15) is 4.79 Å². The second kappa shape index (κ2) is 2.75. The van der Waals surface area contributed by atoms with Gasteiger partial charge in [0, 0.05) is 0 Å². The van der Waals surface area contributed by atoms with E-state index in [-0.39, 0.29) is 11.8 Å². The average molecular weight is 102 g/mol. The molecule has 0 bridgehead atoms. The van der Waals surface area contributed by atoms with Crippen molar-refractivity contribution in [2.45, 2.75) is 13.8 Å². The Morgan fingerprint density at radius 3 is 2.00 bits per heavy atom. The Labute approximate surface area is 43.9 Å². The zero-order valence-electron chi connectivity index (χ0n) is 5.06. The van der Waals surface area contributed by atoms with Crippen LogP contribution in [0.15, 0.2) is 0 Å². The molecule has 0 aromatic heterocycles. The molecule has 42 valence electrons. The van der Waals surface area contributed by atoms with E-state index in [1.807, 2.05) is 13.8 Å². The normalized spacial score (nSPS) is 9.71. The first-order valence-corrected chi connectivity index (χ1v) is 2.51. The molecule has 0 rings (SSSR count). The standard InChI is InChI=1S/C5H11NO/c1-4(2)5(7)6-3/h4H,1-3H3,(H,6,7)/p+1. The summed E-state index contributed by atoms with van der Waals surface area (Å²) < 4.78 is 0. The van der Waals surface area contributed by atoms with Gasteiger partial charge < -0.3 is 0 Å². The molecule has 0 radical (unpaired) electrons. The van der Waals surface area contributed by atoms with Crippen molar-refractivity contribution in [1.29, 1.82) is 0 Å². The molecule has 0 atom stereocenters. The van der Waals surface area contributed by atoms with E-state index in [1.54, 1.807) is 12.4 Å². The van der Waals surface area contributed by atoms with Gasteiger partial charge in [-0.3, -0.25) is 5.32 Å². The molecule has 0 aliphatic heterocycles. The van der Waals surface area contributed by atoms with Crippen molar-refractivity contribution in [3.8, 4) is 0 Å². The molecule has 7 heavy (non-hydrogen) atoms. The number of hydrogen-bond donors (Lipinski definition) is 1. The van der Waals surface area contributed by atoms with Crippen LogP contribution in [0.4, 0.5) is 0 Å². The molecule has 1 amide bonds. The molecule has 0 aliphatic carbocycles. The third-order valence-corrected chi connectivity index (χ3v) is 0.854. The Kier molecular flexibility index (Phi) is 2.60. The molecule has 0 aromatic rings. The monoisotopic (exact) mass is 102 g/mol. The number of rotatable bonds is 1. The highest BCUT2D eigenvalue weighted by molar-refractivity contribution is 5.67. The second-order valence-corrected chi connectivity index (χ2v) is 1.85. The van der Waals surface area contributed by atoms with Crippen LogP contribution in [-0.2, 0) is 4.79 Å². The molecule has 2 heteroatoms. The number of amides is 1. The zero-order chi connectivity index (χ0) is 5.86.